The molecule has 7 heteroatoms. The Morgan fingerprint density at radius 2 is 1.84 bits per heavy atom. The van der Waals surface area contributed by atoms with Crippen LogP contribution in [-0.4, -0.2) is 48.6 Å². The number of benzene rings is 1. The van der Waals surface area contributed by atoms with E-state index in [4.69, 9.17) is 11.6 Å². The summed E-state index contributed by atoms with van der Waals surface area (Å²) >= 11 is 7.13. The Labute approximate surface area is 199 Å². The third-order valence-corrected chi connectivity index (χ3v) is 7.14. The van der Waals surface area contributed by atoms with Gasteiger partial charge in [-0.15, -0.1) is 11.3 Å². The number of Topliss-reactive ketones (excluding diaryl/α,β-unsaturated/α-hetero) is 2. The van der Waals surface area contributed by atoms with Crippen LogP contribution in [0.15, 0.2) is 30.3 Å². The maximum Gasteiger partial charge on any atom is 0.261 e. The summed E-state index contributed by atoms with van der Waals surface area (Å²) in [5, 5.41) is 2.85. The van der Waals surface area contributed by atoms with Crippen LogP contribution in [0.3, 0.4) is 0 Å². The van der Waals surface area contributed by atoms with Crippen LogP contribution in [-0.2, 0) is 28.9 Å². The first-order valence-corrected chi connectivity index (χ1v) is 12.4. The van der Waals surface area contributed by atoms with Gasteiger partial charge in [0, 0.05) is 32.4 Å². The number of hydrogen-bond acceptors (Lipinski definition) is 5. The lowest BCUT2D eigenvalue weighted by atomic mass is 9.94. The van der Waals surface area contributed by atoms with Crippen molar-refractivity contribution in [1.29, 1.82) is 0 Å². The molecule has 0 aliphatic carbocycles. The average molecular weight is 475 g/mol. The number of fused-ring (bicyclic) bond motifs is 1. The molecule has 2 heterocycles. The molecule has 1 aromatic heterocycles. The van der Waals surface area contributed by atoms with Crippen LogP contribution in [0.4, 0.5) is 0 Å². The van der Waals surface area contributed by atoms with Gasteiger partial charge >= 0.3 is 0 Å². The standard InChI is InChI=1S/C25H31ClN2O3S/c1-3-4-20(29)7-8-21(27-25(31)23-9-10-24(26)32-23)22(30)16-17-5-6-18-11-13-28(2)14-12-19(18)15-17/h5-6,9-10,15,21H,3-4,7-8,11-14,16H2,1-2H3,(H,27,31)/t21-/m1/s1. The second-order valence-electron chi connectivity index (χ2n) is 8.51. The highest BCUT2D eigenvalue weighted by Crippen LogP contribution is 2.22. The molecule has 1 aliphatic heterocycles. The molecule has 0 saturated heterocycles. The Hall–Kier alpha value is -2.02. The van der Waals surface area contributed by atoms with Gasteiger partial charge in [-0.1, -0.05) is 36.7 Å². The van der Waals surface area contributed by atoms with Gasteiger partial charge in [0.15, 0.2) is 5.78 Å². The molecule has 0 saturated carbocycles. The monoisotopic (exact) mass is 474 g/mol. The summed E-state index contributed by atoms with van der Waals surface area (Å²) in [6.07, 6.45) is 4.10. The van der Waals surface area contributed by atoms with E-state index in [1.807, 2.05) is 13.0 Å². The minimum Gasteiger partial charge on any atom is -0.342 e. The van der Waals surface area contributed by atoms with Gasteiger partial charge in [-0.25, -0.2) is 0 Å². The largest absolute Gasteiger partial charge is 0.342 e. The summed E-state index contributed by atoms with van der Waals surface area (Å²) in [6.45, 7) is 4.00. The zero-order chi connectivity index (χ0) is 23.1. The summed E-state index contributed by atoms with van der Waals surface area (Å²) in [4.78, 5) is 40.7. The van der Waals surface area contributed by atoms with Crippen molar-refractivity contribution in [2.45, 2.75) is 57.9 Å². The molecule has 3 rings (SSSR count). The first kappa shape index (κ1) is 24.6. The SMILES string of the molecule is CCCC(=O)CC[C@@H](NC(=O)c1ccc(Cl)s1)C(=O)Cc1ccc2c(c1)CCN(C)CC2. The van der Waals surface area contributed by atoms with Gasteiger partial charge in [0.1, 0.15) is 5.78 Å². The van der Waals surface area contributed by atoms with Crippen LogP contribution in [0.2, 0.25) is 4.34 Å². The number of thiophene rings is 1. The number of hydrogen-bond donors (Lipinski definition) is 1. The molecule has 0 radical (unpaired) electrons. The van der Waals surface area contributed by atoms with E-state index in [-0.39, 0.29) is 30.3 Å². The summed E-state index contributed by atoms with van der Waals surface area (Å²) in [7, 11) is 2.13. The topological polar surface area (TPSA) is 66.5 Å². The summed E-state index contributed by atoms with van der Waals surface area (Å²) in [5.74, 6) is -0.281. The number of carbonyl (C=O) groups excluding carboxylic acids is 3. The van der Waals surface area contributed by atoms with Crippen LogP contribution >= 0.6 is 22.9 Å². The zero-order valence-electron chi connectivity index (χ0n) is 18.8. The van der Waals surface area contributed by atoms with Crippen molar-refractivity contribution >= 4 is 40.4 Å². The van der Waals surface area contributed by atoms with Gasteiger partial charge in [0.2, 0.25) is 0 Å². The van der Waals surface area contributed by atoms with Crippen LogP contribution in [0.5, 0.6) is 0 Å². The van der Waals surface area contributed by atoms with Crippen LogP contribution in [0.1, 0.15) is 59.0 Å². The van der Waals surface area contributed by atoms with Crippen LogP contribution < -0.4 is 5.32 Å². The van der Waals surface area contributed by atoms with Gasteiger partial charge in [-0.05, 0) is 61.6 Å². The second-order valence-corrected chi connectivity index (χ2v) is 10.2. The summed E-state index contributed by atoms with van der Waals surface area (Å²) in [5.41, 5.74) is 3.60. The smallest absolute Gasteiger partial charge is 0.261 e. The lowest BCUT2D eigenvalue weighted by molar-refractivity contribution is -0.121. The fourth-order valence-electron chi connectivity index (χ4n) is 4.01. The Balaban J connectivity index is 1.71. The molecule has 1 amide bonds. The maximum atomic E-state index is 13.2. The lowest BCUT2D eigenvalue weighted by Crippen LogP contribution is -2.41. The van der Waals surface area contributed by atoms with Crippen molar-refractivity contribution in [1.82, 2.24) is 10.2 Å². The van der Waals surface area contributed by atoms with Crippen molar-refractivity contribution in [2.24, 2.45) is 0 Å². The van der Waals surface area contributed by atoms with Gasteiger partial charge in [-0.2, -0.15) is 0 Å². The Kier molecular flexibility index (Phi) is 9.02. The molecule has 5 nitrogen and oxygen atoms in total. The molecular weight excluding hydrogens is 444 g/mol. The minimum atomic E-state index is -0.700. The van der Waals surface area contributed by atoms with E-state index < -0.39 is 6.04 Å². The number of nitrogens with zero attached hydrogens (tertiary/aromatic N) is 1. The molecule has 1 aliphatic rings. The predicted molar refractivity (Wildman–Crippen MR) is 130 cm³/mol. The molecule has 0 spiro atoms. The number of ketones is 2. The van der Waals surface area contributed by atoms with Gasteiger partial charge in [0.05, 0.1) is 15.3 Å². The third kappa shape index (κ3) is 6.99. The van der Waals surface area contributed by atoms with Gasteiger partial charge < -0.3 is 10.2 Å². The quantitative estimate of drug-likeness (QED) is 0.551. The Morgan fingerprint density at radius 1 is 1.09 bits per heavy atom. The number of amides is 1. The number of rotatable bonds is 10. The van der Waals surface area contributed by atoms with Gasteiger partial charge in [0.25, 0.3) is 5.91 Å². The molecule has 32 heavy (non-hydrogen) atoms. The number of likely N-dealkylation sites (N-methyl/N-ethyl adjacent to an activating group) is 1. The zero-order valence-corrected chi connectivity index (χ0v) is 20.4. The molecule has 0 bridgehead atoms. The highest BCUT2D eigenvalue weighted by Gasteiger charge is 2.23. The molecule has 172 valence electrons. The average Bonchev–Trinajstić information content (AvgIpc) is 3.12. The molecule has 1 N–H and O–H groups in total. The summed E-state index contributed by atoms with van der Waals surface area (Å²) in [6, 6.07) is 8.89. The van der Waals surface area contributed by atoms with E-state index in [1.54, 1.807) is 12.1 Å². The van der Waals surface area contributed by atoms with Crippen LogP contribution in [0.25, 0.3) is 0 Å². The fraction of sp³-hybridized carbons (Fsp3) is 0.480. The molecule has 2 aromatic rings. The molecule has 1 atom stereocenters. The fourth-order valence-corrected chi connectivity index (χ4v) is 4.96. The van der Waals surface area contributed by atoms with E-state index in [9.17, 15) is 14.4 Å². The van der Waals surface area contributed by atoms with E-state index in [2.05, 4.69) is 29.4 Å². The molecule has 1 aromatic carbocycles. The maximum absolute atomic E-state index is 13.2. The molecular formula is C25H31ClN2O3S. The first-order valence-electron chi connectivity index (χ1n) is 11.3. The molecule has 0 fully saturated rings. The Morgan fingerprint density at radius 3 is 2.53 bits per heavy atom. The van der Waals surface area contributed by atoms with Crippen molar-refractivity contribution in [3.63, 3.8) is 0 Å². The van der Waals surface area contributed by atoms with E-state index >= 15 is 0 Å². The van der Waals surface area contributed by atoms with Crippen LogP contribution in [0, 0.1) is 0 Å². The first-order chi connectivity index (χ1) is 15.4. The lowest BCUT2D eigenvalue weighted by Gasteiger charge is -2.18. The van der Waals surface area contributed by atoms with Crippen molar-refractivity contribution in [3.8, 4) is 0 Å². The van der Waals surface area contributed by atoms with Gasteiger partial charge in [-0.3, -0.25) is 14.4 Å². The highest BCUT2D eigenvalue weighted by molar-refractivity contribution is 7.18. The van der Waals surface area contributed by atoms with E-state index in [0.717, 1.165) is 37.9 Å². The van der Waals surface area contributed by atoms with Crippen molar-refractivity contribution in [2.75, 3.05) is 20.1 Å². The number of carbonyl (C=O) groups is 3. The second kappa shape index (κ2) is 11.7. The number of nitrogens with one attached hydrogen (secondary N) is 1. The van der Waals surface area contributed by atoms with E-state index in [0.29, 0.717) is 22.1 Å². The van der Waals surface area contributed by atoms with E-state index in [1.165, 1.54) is 22.5 Å². The predicted octanol–water partition coefficient (Wildman–Crippen LogP) is 4.49. The Bertz CT molecular complexity index is 972. The van der Waals surface area contributed by atoms with Crippen molar-refractivity contribution < 1.29 is 14.4 Å². The molecule has 0 unspecified atom stereocenters. The summed E-state index contributed by atoms with van der Waals surface area (Å²) < 4.78 is 0.520. The highest BCUT2D eigenvalue weighted by atomic mass is 35.5. The third-order valence-electron chi connectivity index (χ3n) is 5.91. The number of halogens is 1. The normalized spacial score (nSPS) is 15.0. The minimum absolute atomic E-state index is 0.0732. The van der Waals surface area contributed by atoms with Crippen molar-refractivity contribution in [3.05, 3.63) is 56.2 Å².